The molecule has 4 saturated carbocycles. The van der Waals surface area contributed by atoms with Crippen molar-refractivity contribution in [2.45, 2.75) is 203 Å². The highest BCUT2D eigenvalue weighted by Gasteiger charge is 2.80. The van der Waals surface area contributed by atoms with Gasteiger partial charge in [-0.3, -0.25) is 9.97 Å². The molecule has 0 radical (unpaired) electrons. The van der Waals surface area contributed by atoms with E-state index in [0.29, 0.717) is 37.5 Å². The van der Waals surface area contributed by atoms with Crippen LogP contribution in [0.3, 0.4) is 0 Å². The van der Waals surface area contributed by atoms with Crippen LogP contribution in [0.1, 0.15) is 136 Å². The summed E-state index contributed by atoms with van der Waals surface area (Å²) in [7, 11) is 0. The minimum absolute atomic E-state index is 0.0983. The molecule has 1 aromatic heterocycles. The number of nitrogens with zero attached hydrogens (tertiary/aromatic N) is 2. The maximum absolute atomic E-state index is 12.9. The predicted molar refractivity (Wildman–Crippen MR) is 243 cm³/mol. The van der Waals surface area contributed by atoms with Gasteiger partial charge in [0.05, 0.1) is 59.4 Å². The fraction of sp³-hybridized carbons (Fsp3) is 0.852. The highest BCUT2D eigenvalue weighted by atomic mass is 16.7. The van der Waals surface area contributed by atoms with Gasteiger partial charge in [-0.2, -0.15) is 0 Å². The number of ether oxygens (including phenoxy) is 4. The number of aliphatic hydroxyl groups is 7. The van der Waals surface area contributed by atoms with E-state index in [1.54, 1.807) is 13.8 Å². The van der Waals surface area contributed by atoms with E-state index < -0.39 is 87.2 Å². The van der Waals surface area contributed by atoms with Crippen molar-refractivity contribution in [2.75, 3.05) is 13.2 Å². The topological polar surface area (TPSA) is 204 Å². The van der Waals surface area contributed by atoms with E-state index in [4.69, 9.17) is 28.9 Å². The Morgan fingerprint density at radius 3 is 1.63 bits per heavy atom. The van der Waals surface area contributed by atoms with E-state index >= 15 is 0 Å². The first-order chi connectivity index (χ1) is 31.4. The Morgan fingerprint density at radius 1 is 0.642 bits per heavy atom. The Balaban J connectivity index is 0.768. The minimum Gasteiger partial charge on any atom is -0.393 e. The largest absolute Gasteiger partial charge is 0.393 e. The summed E-state index contributed by atoms with van der Waals surface area (Å²) in [6.07, 6.45) is 9.98. The molecular weight excluding hydrogens is 853 g/mol. The van der Waals surface area contributed by atoms with Crippen molar-refractivity contribution in [1.29, 1.82) is 0 Å². The zero-order valence-corrected chi connectivity index (χ0v) is 40.9. The van der Waals surface area contributed by atoms with Crippen LogP contribution in [-0.2, 0) is 44.6 Å². The molecule has 1 aromatic rings. The summed E-state index contributed by atoms with van der Waals surface area (Å²) in [6.45, 7) is 16.3. The van der Waals surface area contributed by atoms with Crippen LogP contribution in [0, 0.1) is 69.0 Å². The Bertz CT molecular complexity index is 2380. The Morgan fingerprint density at radius 2 is 1.15 bits per heavy atom. The molecule has 7 N–H and O–H groups in total. The molecule has 0 bridgehead atoms. The molecule has 2 spiro atoms. The first kappa shape index (κ1) is 45.0. The lowest BCUT2D eigenvalue weighted by atomic mass is 9.44. The van der Waals surface area contributed by atoms with E-state index in [-0.39, 0.29) is 54.1 Å². The third-order valence-corrected chi connectivity index (χ3v) is 23.5. The van der Waals surface area contributed by atoms with Crippen molar-refractivity contribution in [3.63, 3.8) is 0 Å². The van der Waals surface area contributed by atoms with Crippen LogP contribution in [0.2, 0.25) is 0 Å². The van der Waals surface area contributed by atoms with Crippen LogP contribution in [0.5, 0.6) is 0 Å². The Kier molecular flexibility index (Phi) is 9.00. The molecule has 8 fully saturated rings. The van der Waals surface area contributed by atoms with Crippen molar-refractivity contribution < 1.29 is 54.7 Å². The second-order valence-corrected chi connectivity index (χ2v) is 26.3. The van der Waals surface area contributed by atoms with E-state index in [0.717, 1.165) is 85.3 Å². The number of aliphatic hydroxyl groups excluding tert-OH is 4. The summed E-state index contributed by atoms with van der Waals surface area (Å²) in [5.41, 5.74) is -0.160. The molecule has 13 heteroatoms. The molecule has 368 valence electrons. The quantitative estimate of drug-likeness (QED) is 0.196. The molecule has 13 rings (SSSR count). The molecule has 4 saturated heterocycles. The summed E-state index contributed by atoms with van der Waals surface area (Å²) < 4.78 is 26.1. The summed E-state index contributed by atoms with van der Waals surface area (Å²) >= 11 is 0. The van der Waals surface area contributed by atoms with Crippen molar-refractivity contribution in [3.8, 4) is 0 Å². The second-order valence-electron chi connectivity index (χ2n) is 26.3. The zero-order chi connectivity index (χ0) is 47.2. The minimum atomic E-state index is -1.50. The predicted octanol–water partition coefficient (Wildman–Crippen LogP) is 4.41. The first-order valence-electron chi connectivity index (χ1n) is 26.2. The van der Waals surface area contributed by atoms with Gasteiger partial charge >= 0.3 is 0 Å². The Labute approximate surface area is 395 Å². The van der Waals surface area contributed by atoms with E-state index in [2.05, 4.69) is 32.9 Å². The molecular formula is C54H76N2O11. The molecule has 13 nitrogen and oxygen atoms in total. The molecule has 5 heterocycles. The lowest BCUT2D eigenvalue weighted by molar-refractivity contribution is -0.289. The molecule has 0 aromatic carbocycles. The van der Waals surface area contributed by atoms with Crippen LogP contribution in [-0.4, -0.2) is 123 Å². The van der Waals surface area contributed by atoms with Gasteiger partial charge in [0.25, 0.3) is 0 Å². The summed E-state index contributed by atoms with van der Waals surface area (Å²) in [6, 6.07) is 0. The molecule has 12 aliphatic rings. The summed E-state index contributed by atoms with van der Waals surface area (Å²) in [5, 5.41) is 83.0. The van der Waals surface area contributed by atoms with Crippen LogP contribution in [0.4, 0.5) is 0 Å². The molecule has 0 amide bonds. The maximum atomic E-state index is 12.9. The lowest BCUT2D eigenvalue weighted by Crippen LogP contribution is -2.65. The molecule has 67 heavy (non-hydrogen) atoms. The van der Waals surface area contributed by atoms with Gasteiger partial charge in [-0.25, -0.2) is 0 Å². The number of rotatable bonds is 1. The number of aromatic nitrogens is 2. The Hall–Kier alpha value is -1.88. The average Bonchev–Trinajstić information content (AvgIpc) is 3.92. The highest BCUT2D eigenvalue weighted by Crippen LogP contribution is 2.73. The molecule has 4 aliphatic heterocycles. The normalized spacial score (nSPS) is 59.8. The van der Waals surface area contributed by atoms with Gasteiger partial charge in [-0.15, -0.1) is 0 Å². The van der Waals surface area contributed by atoms with Crippen molar-refractivity contribution in [3.05, 3.63) is 46.1 Å². The average molecular weight is 929 g/mol. The standard InChI is InChI=1S/C54H76N2O11/c1-26-51(14-13-45(3,61)25-64-51)65-43-19-34-30-11-9-28-15-36-38(21-47(28,5)32(30)17-40(58)49(34,7)52(26,43)62)55-37-16-29-10-12-31-33(48(29,6)22-39(37)56-36)18-41(59)50(8)35(31)20-44-53(50,63)27(2)54(66-44)42(60)23-46(4,24-57)67-54/h19-20,26-33,40-44,57-63H,9-18,21-25H2,1-8H3/t26-,27+,28?,29?,30?,31?,32?,33?,40-,41-,42-,43+,44+,45+,46+,47+,48+,49-,50-,51-,52-,53-,54+/m1/s1. The van der Waals surface area contributed by atoms with E-state index in [9.17, 15) is 35.7 Å². The smallest absolute Gasteiger partial charge is 0.201 e. The van der Waals surface area contributed by atoms with Crippen molar-refractivity contribution in [1.82, 2.24) is 9.97 Å². The number of hydrogen-bond acceptors (Lipinski definition) is 13. The van der Waals surface area contributed by atoms with Crippen LogP contribution in [0.25, 0.3) is 0 Å². The molecule has 8 aliphatic carbocycles. The van der Waals surface area contributed by atoms with Gasteiger partial charge in [0.1, 0.15) is 29.5 Å². The fourth-order valence-corrected chi connectivity index (χ4v) is 19.3. The third kappa shape index (κ3) is 5.11. The van der Waals surface area contributed by atoms with Crippen molar-refractivity contribution in [2.24, 2.45) is 69.0 Å². The molecule has 6 unspecified atom stereocenters. The van der Waals surface area contributed by atoms with Crippen LogP contribution >= 0.6 is 0 Å². The zero-order valence-electron chi connectivity index (χ0n) is 40.9. The van der Waals surface area contributed by atoms with Crippen LogP contribution in [0.15, 0.2) is 23.3 Å². The number of fused-ring (bicyclic) bond motifs is 16. The number of hydrogen-bond donors (Lipinski definition) is 7. The molecule has 23 atom stereocenters. The van der Waals surface area contributed by atoms with Crippen LogP contribution < -0.4 is 0 Å². The highest BCUT2D eigenvalue weighted by molar-refractivity contribution is 5.45. The first-order valence-corrected chi connectivity index (χ1v) is 26.2. The second kappa shape index (κ2) is 13.4. The van der Waals surface area contributed by atoms with Gasteiger partial charge in [-0.05, 0) is 131 Å². The van der Waals surface area contributed by atoms with Gasteiger partial charge in [0.2, 0.25) is 5.79 Å². The van der Waals surface area contributed by atoms with Gasteiger partial charge in [0, 0.05) is 35.5 Å². The van der Waals surface area contributed by atoms with E-state index in [1.807, 2.05) is 20.8 Å². The third-order valence-electron chi connectivity index (χ3n) is 23.5. The lowest BCUT2D eigenvalue weighted by Gasteiger charge is -2.62. The van der Waals surface area contributed by atoms with E-state index in [1.165, 1.54) is 0 Å². The fourth-order valence-electron chi connectivity index (χ4n) is 19.3. The maximum Gasteiger partial charge on any atom is 0.201 e. The monoisotopic (exact) mass is 929 g/mol. The summed E-state index contributed by atoms with van der Waals surface area (Å²) in [4.78, 5) is 11.2. The van der Waals surface area contributed by atoms with Gasteiger partial charge in [-0.1, -0.05) is 64.8 Å². The SMILES string of the molecule is C[C@@H]1[C@@]2(CC[C@](C)(O)CO2)O[C@H]2C=C3C4CCC5Cc6nc7c(nc6C[C@]5(C)C4C[C@@H](O)[C@]3(C)[C@]21O)CC1CCC2C3=C[C@@H]4O[C@]5(O[C@](C)(CO)C[C@H]5O)[C@@H](C)[C@]4(O)[C@@]3(C)[C@H](O)CC2[C@@]1(C)C7. The van der Waals surface area contributed by atoms with Gasteiger partial charge in [0.15, 0.2) is 5.79 Å². The summed E-state index contributed by atoms with van der Waals surface area (Å²) in [5.74, 6) is -1.98. The van der Waals surface area contributed by atoms with Gasteiger partial charge < -0.3 is 54.7 Å². The van der Waals surface area contributed by atoms with Crippen molar-refractivity contribution >= 4 is 0 Å².